The highest BCUT2D eigenvalue weighted by molar-refractivity contribution is 5.73. The average Bonchev–Trinajstić information content (AvgIpc) is 2.17. The topological polar surface area (TPSA) is 53.2 Å². The van der Waals surface area contributed by atoms with Crippen LogP contribution in [0.3, 0.4) is 0 Å². The van der Waals surface area contributed by atoms with Gasteiger partial charge in [-0.15, -0.1) is 0 Å². The van der Waals surface area contributed by atoms with Crippen LogP contribution in [0.15, 0.2) is 0 Å². The summed E-state index contributed by atoms with van der Waals surface area (Å²) in [6, 6.07) is 0.374. The van der Waals surface area contributed by atoms with E-state index in [1.54, 1.807) is 0 Å². The minimum Gasteiger partial charge on any atom is -0.338 e. The van der Waals surface area contributed by atoms with Gasteiger partial charge in [0, 0.05) is 19.1 Å². The summed E-state index contributed by atoms with van der Waals surface area (Å²) in [7, 11) is 0. The van der Waals surface area contributed by atoms with Crippen molar-refractivity contribution >= 4 is 6.03 Å². The van der Waals surface area contributed by atoms with Crippen LogP contribution in [0.1, 0.15) is 26.7 Å². The van der Waals surface area contributed by atoms with E-state index in [0.29, 0.717) is 18.5 Å². The molecule has 4 heteroatoms. The number of hydrogen-bond donors (Lipinski definition) is 3. The lowest BCUT2D eigenvalue weighted by molar-refractivity contribution is 0.234. The van der Waals surface area contributed by atoms with Gasteiger partial charge in [0.1, 0.15) is 0 Å². The fourth-order valence-electron chi connectivity index (χ4n) is 1.81. The number of carbonyl (C=O) groups excluding carboxylic acids is 1. The van der Waals surface area contributed by atoms with Crippen LogP contribution in [0.25, 0.3) is 0 Å². The first-order valence-corrected chi connectivity index (χ1v) is 5.49. The summed E-state index contributed by atoms with van der Waals surface area (Å²) in [5.41, 5.74) is 0. The number of urea groups is 1. The van der Waals surface area contributed by atoms with E-state index in [0.717, 1.165) is 13.1 Å². The molecule has 0 aromatic heterocycles. The molecule has 1 saturated heterocycles. The van der Waals surface area contributed by atoms with Crippen molar-refractivity contribution in [1.29, 1.82) is 0 Å². The van der Waals surface area contributed by atoms with Crippen molar-refractivity contribution in [3.63, 3.8) is 0 Å². The molecule has 1 heterocycles. The van der Waals surface area contributed by atoms with Crippen LogP contribution < -0.4 is 16.0 Å². The summed E-state index contributed by atoms with van der Waals surface area (Å²) in [4.78, 5) is 11.1. The largest absolute Gasteiger partial charge is 0.338 e. The van der Waals surface area contributed by atoms with Crippen LogP contribution >= 0.6 is 0 Å². The molecule has 2 atom stereocenters. The predicted octanol–water partition coefficient (Wildman–Crippen LogP) is 0.694. The second-order valence-corrected chi connectivity index (χ2v) is 3.92. The predicted molar refractivity (Wildman–Crippen MR) is 57.3 cm³/mol. The van der Waals surface area contributed by atoms with Crippen LogP contribution in [0.4, 0.5) is 4.79 Å². The smallest absolute Gasteiger partial charge is 0.314 e. The number of amides is 2. The number of nitrogens with one attached hydrogen (secondary N) is 3. The zero-order chi connectivity index (χ0) is 10.4. The van der Waals surface area contributed by atoms with Crippen LogP contribution in [-0.4, -0.2) is 31.7 Å². The molecule has 0 bridgehead atoms. The Labute approximate surface area is 85.8 Å². The van der Waals surface area contributed by atoms with Crippen molar-refractivity contribution in [1.82, 2.24) is 16.0 Å². The Bertz CT molecular complexity index is 184. The highest BCUT2D eigenvalue weighted by atomic mass is 16.2. The molecule has 1 rings (SSSR count). The highest BCUT2D eigenvalue weighted by Crippen LogP contribution is 2.14. The standard InChI is InChI=1S/C10H21N3O/c1-3-11-10(14)13-7-9-8(2)5-4-6-12-9/h8-9,12H,3-7H2,1-2H3,(H2,11,13,14). The second kappa shape index (κ2) is 5.86. The van der Waals surface area contributed by atoms with E-state index in [4.69, 9.17) is 0 Å². The minimum absolute atomic E-state index is 0.0629. The van der Waals surface area contributed by atoms with Crippen molar-refractivity contribution in [2.24, 2.45) is 5.92 Å². The Balaban J connectivity index is 2.19. The van der Waals surface area contributed by atoms with Gasteiger partial charge >= 0.3 is 6.03 Å². The van der Waals surface area contributed by atoms with E-state index in [2.05, 4.69) is 22.9 Å². The second-order valence-electron chi connectivity index (χ2n) is 3.92. The molecule has 0 aromatic rings. The molecule has 14 heavy (non-hydrogen) atoms. The average molecular weight is 199 g/mol. The molecule has 0 radical (unpaired) electrons. The summed E-state index contributed by atoms with van der Waals surface area (Å²) < 4.78 is 0. The van der Waals surface area contributed by atoms with E-state index >= 15 is 0 Å². The van der Waals surface area contributed by atoms with Crippen molar-refractivity contribution in [3.8, 4) is 0 Å². The van der Waals surface area contributed by atoms with Gasteiger partial charge in [-0.25, -0.2) is 4.79 Å². The van der Waals surface area contributed by atoms with Gasteiger partial charge in [-0.05, 0) is 32.2 Å². The van der Waals surface area contributed by atoms with Gasteiger partial charge in [0.15, 0.2) is 0 Å². The lowest BCUT2D eigenvalue weighted by Gasteiger charge is -2.30. The molecule has 2 unspecified atom stereocenters. The van der Waals surface area contributed by atoms with Crippen molar-refractivity contribution in [2.45, 2.75) is 32.7 Å². The molecule has 0 aliphatic carbocycles. The van der Waals surface area contributed by atoms with Crippen molar-refractivity contribution in [3.05, 3.63) is 0 Å². The van der Waals surface area contributed by atoms with E-state index < -0.39 is 0 Å². The Morgan fingerprint density at radius 2 is 2.29 bits per heavy atom. The number of carbonyl (C=O) groups is 1. The van der Waals surface area contributed by atoms with Gasteiger partial charge < -0.3 is 16.0 Å². The first-order chi connectivity index (χ1) is 6.74. The van der Waals surface area contributed by atoms with E-state index in [1.807, 2.05) is 6.92 Å². The molecular formula is C10H21N3O. The molecule has 1 aliphatic rings. The maximum atomic E-state index is 11.1. The summed E-state index contributed by atoms with van der Waals surface area (Å²) in [5, 5.41) is 9.02. The summed E-state index contributed by atoms with van der Waals surface area (Å²) in [6.45, 7) is 6.63. The zero-order valence-corrected chi connectivity index (χ0v) is 9.10. The third-order valence-electron chi connectivity index (χ3n) is 2.75. The van der Waals surface area contributed by atoms with E-state index in [-0.39, 0.29) is 6.03 Å². The fraction of sp³-hybridized carbons (Fsp3) is 0.900. The van der Waals surface area contributed by atoms with E-state index in [9.17, 15) is 4.79 Å². The number of rotatable bonds is 3. The van der Waals surface area contributed by atoms with Crippen molar-refractivity contribution < 1.29 is 4.79 Å². The quantitative estimate of drug-likeness (QED) is 0.626. The Hall–Kier alpha value is -0.770. The maximum Gasteiger partial charge on any atom is 0.314 e. The zero-order valence-electron chi connectivity index (χ0n) is 9.10. The van der Waals surface area contributed by atoms with Crippen LogP contribution in [0, 0.1) is 5.92 Å². The van der Waals surface area contributed by atoms with Crippen LogP contribution in [-0.2, 0) is 0 Å². The molecule has 0 saturated carbocycles. The SMILES string of the molecule is CCNC(=O)NCC1NCCCC1C. The van der Waals surface area contributed by atoms with Crippen LogP contribution in [0.5, 0.6) is 0 Å². The number of piperidine rings is 1. The Kier molecular flexibility index (Phi) is 4.73. The normalized spacial score (nSPS) is 27.0. The third-order valence-corrected chi connectivity index (χ3v) is 2.75. The van der Waals surface area contributed by atoms with Crippen molar-refractivity contribution in [2.75, 3.05) is 19.6 Å². The number of hydrogen-bond acceptors (Lipinski definition) is 2. The third kappa shape index (κ3) is 3.54. The Morgan fingerprint density at radius 3 is 2.93 bits per heavy atom. The molecule has 0 spiro atoms. The van der Waals surface area contributed by atoms with Gasteiger partial charge in [-0.3, -0.25) is 0 Å². The molecular weight excluding hydrogens is 178 g/mol. The van der Waals surface area contributed by atoms with Crippen LogP contribution in [0.2, 0.25) is 0 Å². The highest BCUT2D eigenvalue weighted by Gasteiger charge is 2.20. The minimum atomic E-state index is -0.0629. The Morgan fingerprint density at radius 1 is 1.50 bits per heavy atom. The maximum absolute atomic E-state index is 11.1. The van der Waals surface area contributed by atoms with Gasteiger partial charge in [0.05, 0.1) is 0 Å². The summed E-state index contributed by atoms with van der Waals surface area (Å²) >= 11 is 0. The van der Waals surface area contributed by atoms with Gasteiger partial charge in [-0.2, -0.15) is 0 Å². The first kappa shape index (κ1) is 11.3. The molecule has 2 amide bonds. The molecule has 82 valence electrons. The molecule has 1 aliphatic heterocycles. The molecule has 4 nitrogen and oxygen atoms in total. The van der Waals surface area contributed by atoms with Gasteiger partial charge in [-0.1, -0.05) is 6.92 Å². The van der Waals surface area contributed by atoms with Gasteiger partial charge in [0.2, 0.25) is 0 Å². The summed E-state index contributed by atoms with van der Waals surface area (Å²) in [5.74, 6) is 0.658. The molecule has 0 aromatic carbocycles. The lowest BCUT2D eigenvalue weighted by atomic mass is 9.93. The summed E-state index contributed by atoms with van der Waals surface area (Å²) in [6.07, 6.45) is 2.51. The van der Waals surface area contributed by atoms with E-state index in [1.165, 1.54) is 12.8 Å². The fourth-order valence-corrected chi connectivity index (χ4v) is 1.81. The first-order valence-electron chi connectivity index (χ1n) is 5.49. The van der Waals surface area contributed by atoms with Gasteiger partial charge in [0.25, 0.3) is 0 Å². The molecule has 1 fully saturated rings. The lowest BCUT2D eigenvalue weighted by Crippen LogP contribution is -2.49. The molecule has 3 N–H and O–H groups in total. The monoisotopic (exact) mass is 199 g/mol.